The molecule has 1 aliphatic rings. The molecular formula is C12H7N3O4. The van der Waals surface area contributed by atoms with Crippen molar-refractivity contribution in [1.82, 2.24) is 9.97 Å². The molecule has 1 aliphatic heterocycles. The highest BCUT2D eigenvalue weighted by molar-refractivity contribution is 6.15. The summed E-state index contributed by atoms with van der Waals surface area (Å²) in [7, 11) is 0. The van der Waals surface area contributed by atoms with Crippen LogP contribution >= 0.6 is 0 Å². The molecule has 3 rings (SSSR count). The van der Waals surface area contributed by atoms with E-state index in [1.807, 2.05) is 0 Å². The number of Topliss-reactive ketones (excluding diaryl/α,β-unsaturated/α-hetero) is 1. The van der Waals surface area contributed by atoms with Crippen molar-refractivity contribution in [2.24, 2.45) is 0 Å². The van der Waals surface area contributed by atoms with Crippen LogP contribution in [0.25, 0.3) is 5.70 Å². The van der Waals surface area contributed by atoms with Crippen LogP contribution in [-0.4, -0.2) is 20.7 Å². The van der Waals surface area contributed by atoms with Gasteiger partial charge in [0.25, 0.3) is 5.76 Å². The Labute approximate surface area is 106 Å². The number of nitro groups is 1. The number of nitrogens with zero attached hydrogens (tertiary/aromatic N) is 2. The fraction of sp³-hybridized carbons (Fsp3) is 0. The van der Waals surface area contributed by atoms with Gasteiger partial charge >= 0.3 is 5.70 Å². The van der Waals surface area contributed by atoms with E-state index in [0.29, 0.717) is 11.3 Å². The minimum atomic E-state index is -0.683. The molecule has 0 saturated carbocycles. The molecule has 0 bridgehead atoms. The quantitative estimate of drug-likeness (QED) is 0.501. The van der Waals surface area contributed by atoms with E-state index in [9.17, 15) is 14.9 Å². The van der Waals surface area contributed by atoms with Crippen LogP contribution in [0.2, 0.25) is 0 Å². The lowest BCUT2D eigenvalue weighted by Gasteiger charge is -1.99. The number of ketones is 1. The van der Waals surface area contributed by atoms with Crippen LogP contribution in [0.3, 0.4) is 0 Å². The van der Waals surface area contributed by atoms with Crippen LogP contribution in [0.5, 0.6) is 5.75 Å². The molecule has 0 amide bonds. The number of fused-ring (bicyclic) bond motifs is 1. The maximum Gasteiger partial charge on any atom is 0.357 e. The van der Waals surface area contributed by atoms with E-state index in [2.05, 4.69) is 9.97 Å². The molecule has 0 spiro atoms. The Kier molecular flexibility index (Phi) is 2.38. The Balaban J connectivity index is 2.18. The van der Waals surface area contributed by atoms with Crippen LogP contribution < -0.4 is 4.74 Å². The fourth-order valence-corrected chi connectivity index (χ4v) is 1.85. The molecule has 7 nitrogen and oxygen atoms in total. The molecule has 0 atom stereocenters. The van der Waals surface area contributed by atoms with E-state index in [-0.39, 0.29) is 11.6 Å². The van der Waals surface area contributed by atoms with Crippen molar-refractivity contribution in [2.45, 2.75) is 0 Å². The van der Waals surface area contributed by atoms with Gasteiger partial charge in [0.05, 0.1) is 10.5 Å². The lowest BCUT2D eigenvalue weighted by atomic mass is 10.1. The summed E-state index contributed by atoms with van der Waals surface area (Å²) in [4.78, 5) is 29.0. The molecule has 0 unspecified atom stereocenters. The van der Waals surface area contributed by atoms with Crippen LogP contribution in [0.4, 0.5) is 0 Å². The molecule has 2 aromatic rings. The van der Waals surface area contributed by atoms with Gasteiger partial charge in [0, 0.05) is 12.4 Å². The van der Waals surface area contributed by atoms with E-state index in [4.69, 9.17) is 4.74 Å². The Morgan fingerprint density at radius 1 is 1.37 bits per heavy atom. The number of ether oxygens (including phenoxy) is 1. The van der Waals surface area contributed by atoms with Crippen LogP contribution in [0, 0.1) is 10.1 Å². The highest BCUT2D eigenvalue weighted by atomic mass is 16.6. The molecular weight excluding hydrogens is 250 g/mol. The van der Waals surface area contributed by atoms with Crippen molar-refractivity contribution in [1.29, 1.82) is 0 Å². The maximum atomic E-state index is 12.1. The van der Waals surface area contributed by atoms with Gasteiger partial charge in [0.2, 0.25) is 11.6 Å². The second-order valence-corrected chi connectivity index (χ2v) is 3.80. The number of hydrogen-bond acceptors (Lipinski definition) is 5. The Morgan fingerprint density at radius 3 is 2.79 bits per heavy atom. The van der Waals surface area contributed by atoms with Gasteiger partial charge in [-0.1, -0.05) is 12.1 Å². The zero-order chi connectivity index (χ0) is 13.4. The topological polar surface area (TPSA) is 98.1 Å². The van der Waals surface area contributed by atoms with Crippen LogP contribution in [0.1, 0.15) is 16.2 Å². The fourth-order valence-electron chi connectivity index (χ4n) is 1.85. The SMILES string of the molecule is O=C1C(=C(c2ncc[nH]2)[N+](=O)[O-])Oc2ccccc21. The second kappa shape index (κ2) is 4.05. The van der Waals surface area contributed by atoms with Gasteiger partial charge in [-0.25, -0.2) is 4.98 Å². The minimum absolute atomic E-state index is 0.0128. The smallest absolute Gasteiger partial charge is 0.357 e. The highest BCUT2D eigenvalue weighted by Gasteiger charge is 2.37. The average molecular weight is 257 g/mol. The van der Waals surface area contributed by atoms with Crippen molar-refractivity contribution in [3.63, 3.8) is 0 Å². The van der Waals surface area contributed by atoms with E-state index < -0.39 is 16.4 Å². The molecule has 0 fully saturated rings. The summed E-state index contributed by atoms with van der Waals surface area (Å²) in [6.45, 7) is 0. The number of aromatic amines is 1. The largest absolute Gasteiger partial charge is 0.445 e. The maximum absolute atomic E-state index is 12.1. The molecule has 1 aromatic carbocycles. The zero-order valence-corrected chi connectivity index (χ0v) is 9.49. The Bertz CT molecular complexity index is 704. The molecule has 0 saturated heterocycles. The Morgan fingerprint density at radius 2 is 2.16 bits per heavy atom. The molecule has 1 aromatic heterocycles. The number of benzene rings is 1. The molecule has 94 valence electrons. The van der Waals surface area contributed by atoms with Crippen molar-refractivity contribution < 1.29 is 14.5 Å². The molecule has 0 radical (unpaired) electrons. The molecule has 0 aliphatic carbocycles. The first-order chi connectivity index (χ1) is 9.18. The van der Waals surface area contributed by atoms with E-state index >= 15 is 0 Å². The first-order valence-corrected chi connectivity index (χ1v) is 5.38. The van der Waals surface area contributed by atoms with Gasteiger partial charge in [0.1, 0.15) is 5.75 Å². The van der Waals surface area contributed by atoms with Gasteiger partial charge in [-0.05, 0) is 12.1 Å². The number of H-pyrrole nitrogens is 1. The van der Waals surface area contributed by atoms with Gasteiger partial charge in [-0.2, -0.15) is 0 Å². The highest BCUT2D eigenvalue weighted by Crippen LogP contribution is 2.33. The van der Waals surface area contributed by atoms with Gasteiger partial charge in [-0.15, -0.1) is 0 Å². The third-order valence-electron chi connectivity index (χ3n) is 2.67. The minimum Gasteiger partial charge on any atom is -0.445 e. The summed E-state index contributed by atoms with van der Waals surface area (Å²) in [6.07, 6.45) is 2.80. The zero-order valence-electron chi connectivity index (χ0n) is 9.49. The molecule has 19 heavy (non-hydrogen) atoms. The number of imidazole rings is 1. The van der Waals surface area contributed by atoms with Crippen molar-refractivity contribution >= 4 is 11.5 Å². The monoisotopic (exact) mass is 257 g/mol. The third kappa shape index (κ3) is 1.68. The summed E-state index contributed by atoms with van der Waals surface area (Å²) in [5.74, 6) is -0.533. The first kappa shape index (κ1) is 11.1. The standard InChI is InChI=1S/C12H7N3O4/c16-10-7-3-1-2-4-8(7)19-11(10)9(15(17)18)12-13-5-6-14-12/h1-6H,(H,13,14). The summed E-state index contributed by atoms with van der Waals surface area (Å²) in [5.41, 5.74) is -0.158. The first-order valence-electron chi connectivity index (χ1n) is 5.38. The van der Waals surface area contributed by atoms with E-state index in [1.54, 1.807) is 24.3 Å². The molecule has 1 N–H and O–H groups in total. The average Bonchev–Trinajstić information content (AvgIpc) is 3.00. The predicted molar refractivity (Wildman–Crippen MR) is 63.9 cm³/mol. The number of carbonyl (C=O) groups is 1. The number of hydrogen-bond donors (Lipinski definition) is 1. The van der Waals surface area contributed by atoms with Gasteiger partial charge in [-0.3, -0.25) is 14.9 Å². The second-order valence-electron chi connectivity index (χ2n) is 3.80. The normalized spacial score (nSPS) is 15.9. The number of allylic oxidation sites excluding steroid dienone is 1. The van der Waals surface area contributed by atoms with Crippen molar-refractivity contribution in [2.75, 3.05) is 0 Å². The van der Waals surface area contributed by atoms with E-state index in [1.165, 1.54) is 12.4 Å². The predicted octanol–water partition coefficient (Wildman–Crippen LogP) is 1.63. The summed E-state index contributed by atoms with van der Waals surface area (Å²) in [5, 5.41) is 11.1. The number of para-hydroxylation sites is 1. The molecule has 7 heteroatoms. The number of nitrogens with one attached hydrogen (secondary N) is 1. The van der Waals surface area contributed by atoms with Crippen molar-refractivity contribution in [3.8, 4) is 5.75 Å². The lowest BCUT2D eigenvalue weighted by molar-refractivity contribution is -0.377. The third-order valence-corrected chi connectivity index (χ3v) is 2.67. The number of aromatic nitrogens is 2. The van der Waals surface area contributed by atoms with Crippen LogP contribution in [0.15, 0.2) is 42.4 Å². The number of carbonyl (C=O) groups excluding carboxylic acids is 1. The molecule has 2 heterocycles. The lowest BCUT2D eigenvalue weighted by Crippen LogP contribution is -2.10. The van der Waals surface area contributed by atoms with Crippen molar-refractivity contribution in [3.05, 3.63) is 63.9 Å². The van der Waals surface area contributed by atoms with E-state index in [0.717, 1.165) is 0 Å². The number of rotatable bonds is 2. The van der Waals surface area contributed by atoms with Gasteiger partial charge < -0.3 is 9.72 Å². The van der Waals surface area contributed by atoms with Gasteiger partial charge in [0.15, 0.2) is 0 Å². The Hall–Kier alpha value is -2.96. The van der Waals surface area contributed by atoms with Crippen LogP contribution in [-0.2, 0) is 0 Å². The summed E-state index contributed by atoms with van der Waals surface area (Å²) < 4.78 is 5.29. The summed E-state index contributed by atoms with van der Waals surface area (Å²) in [6, 6.07) is 6.50. The summed E-state index contributed by atoms with van der Waals surface area (Å²) >= 11 is 0.